The van der Waals surface area contributed by atoms with Crippen molar-refractivity contribution < 1.29 is 9.59 Å². The number of nitrogens with one attached hydrogen (secondary N) is 2. The highest BCUT2D eigenvalue weighted by molar-refractivity contribution is 7.99. The van der Waals surface area contributed by atoms with Crippen molar-refractivity contribution in [3.8, 4) is 11.3 Å². The highest BCUT2D eigenvalue weighted by atomic mass is 32.2. The van der Waals surface area contributed by atoms with Gasteiger partial charge in [-0.15, -0.1) is 21.5 Å². The average Bonchev–Trinajstić information content (AvgIpc) is 3.31. The van der Waals surface area contributed by atoms with E-state index >= 15 is 0 Å². The second-order valence-corrected chi connectivity index (χ2v) is 8.46. The molecule has 0 aliphatic rings. The van der Waals surface area contributed by atoms with Gasteiger partial charge in [0.2, 0.25) is 16.8 Å². The molecule has 7 nitrogen and oxygen atoms in total. The molecule has 9 heteroatoms. The van der Waals surface area contributed by atoms with Crippen LogP contribution in [0.15, 0.2) is 59.1 Å². The molecular formula is C21H19N5O2S2. The molecule has 0 aliphatic carbocycles. The van der Waals surface area contributed by atoms with Crippen molar-refractivity contribution in [3.63, 3.8) is 0 Å². The number of hydrogen-bond acceptors (Lipinski definition) is 6. The van der Waals surface area contributed by atoms with Gasteiger partial charge in [0, 0.05) is 23.7 Å². The number of hydrogen-bond donors (Lipinski definition) is 2. The molecule has 4 rings (SSSR count). The van der Waals surface area contributed by atoms with Crippen LogP contribution in [0.5, 0.6) is 0 Å². The summed E-state index contributed by atoms with van der Waals surface area (Å²) in [6, 6.07) is 15.3. The zero-order valence-corrected chi connectivity index (χ0v) is 18.0. The van der Waals surface area contributed by atoms with Gasteiger partial charge in [0.25, 0.3) is 0 Å². The largest absolute Gasteiger partial charge is 0.326 e. The van der Waals surface area contributed by atoms with E-state index in [1.165, 1.54) is 35.6 Å². The van der Waals surface area contributed by atoms with Gasteiger partial charge in [0.05, 0.1) is 11.4 Å². The lowest BCUT2D eigenvalue weighted by atomic mass is 10.1. The lowest BCUT2D eigenvalue weighted by Gasteiger charge is -2.07. The zero-order valence-electron chi connectivity index (χ0n) is 16.4. The molecule has 0 spiro atoms. The number of anilines is 2. The Labute approximate surface area is 181 Å². The summed E-state index contributed by atoms with van der Waals surface area (Å²) in [6.45, 7) is 3.51. The van der Waals surface area contributed by atoms with Gasteiger partial charge in [-0.25, -0.2) is 0 Å². The second-order valence-electron chi connectivity index (χ2n) is 6.68. The highest BCUT2D eigenvalue weighted by Gasteiger charge is 2.15. The third-order valence-corrected chi connectivity index (χ3v) is 6.03. The van der Waals surface area contributed by atoms with Crippen LogP contribution in [0, 0.1) is 6.92 Å². The first-order valence-corrected chi connectivity index (χ1v) is 11.1. The number of aromatic nitrogens is 3. The van der Waals surface area contributed by atoms with Crippen LogP contribution in [0.25, 0.3) is 16.2 Å². The van der Waals surface area contributed by atoms with Crippen molar-refractivity contribution in [2.45, 2.75) is 19.0 Å². The molecule has 152 valence electrons. The van der Waals surface area contributed by atoms with E-state index in [9.17, 15) is 9.59 Å². The summed E-state index contributed by atoms with van der Waals surface area (Å²) in [6.07, 6.45) is 0. The van der Waals surface area contributed by atoms with E-state index in [-0.39, 0.29) is 17.6 Å². The van der Waals surface area contributed by atoms with Gasteiger partial charge in [0.15, 0.2) is 5.16 Å². The van der Waals surface area contributed by atoms with Crippen LogP contribution >= 0.6 is 23.1 Å². The van der Waals surface area contributed by atoms with Crippen molar-refractivity contribution in [2.24, 2.45) is 0 Å². The van der Waals surface area contributed by atoms with Gasteiger partial charge < -0.3 is 10.6 Å². The van der Waals surface area contributed by atoms with E-state index < -0.39 is 0 Å². The number of fused-ring (bicyclic) bond motifs is 1. The molecule has 2 N–H and O–H groups in total. The van der Waals surface area contributed by atoms with Crippen molar-refractivity contribution in [1.82, 2.24) is 14.6 Å². The van der Waals surface area contributed by atoms with Crippen molar-refractivity contribution in [1.29, 1.82) is 0 Å². The molecule has 0 saturated heterocycles. The Balaban J connectivity index is 1.43. The zero-order chi connectivity index (χ0) is 21.1. The molecule has 2 aromatic carbocycles. The third kappa shape index (κ3) is 4.52. The number of benzene rings is 2. The maximum Gasteiger partial charge on any atom is 0.234 e. The fourth-order valence-corrected chi connectivity index (χ4v) is 4.52. The molecule has 0 fully saturated rings. The van der Waals surface area contributed by atoms with E-state index in [2.05, 4.69) is 57.4 Å². The van der Waals surface area contributed by atoms with Gasteiger partial charge >= 0.3 is 0 Å². The molecule has 0 atom stereocenters. The van der Waals surface area contributed by atoms with Crippen LogP contribution in [-0.4, -0.2) is 32.2 Å². The minimum Gasteiger partial charge on any atom is -0.326 e. The van der Waals surface area contributed by atoms with Gasteiger partial charge in [-0.1, -0.05) is 41.6 Å². The number of amides is 2. The van der Waals surface area contributed by atoms with E-state index in [4.69, 9.17) is 0 Å². The molecule has 0 radical (unpaired) electrons. The first kappa shape index (κ1) is 20.1. The molecule has 0 bridgehead atoms. The lowest BCUT2D eigenvalue weighted by molar-refractivity contribution is -0.114. The molecule has 0 aliphatic heterocycles. The van der Waals surface area contributed by atoms with Crippen LogP contribution in [0.1, 0.15) is 12.5 Å². The summed E-state index contributed by atoms with van der Waals surface area (Å²) in [5, 5.41) is 16.7. The van der Waals surface area contributed by atoms with Gasteiger partial charge in [-0.2, -0.15) is 0 Å². The molecule has 0 unspecified atom stereocenters. The van der Waals surface area contributed by atoms with E-state index in [1.807, 2.05) is 4.40 Å². The maximum absolute atomic E-state index is 12.4. The summed E-state index contributed by atoms with van der Waals surface area (Å²) in [4.78, 5) is 24.3. The monoisotopic (exact) mass is 437 g/mol. The first-order chi connectivity index (χ1) is 14.5. The number of carbonyl (C=O) groups is 2. The van der Waals surface area contributed by atoms with E-state index in [1.54, 1.807) is 24.3 Å². The predicted octanol–water partition coefficient (Wildman–Crippen LogP) is 4.46. The molecular weight excluding hydrogens is 418 g/mol. The normalized spacial score (nSPS) is 10.9. The molecule has 30 heavy (non-hydrogen) atoms. The molecule has 2 amide bonds. The third-order valence-electron chi connectivity index (χ3n) is 4.29. The molecule has 0 saturated carbocycles. The summed E-state index contributed by atoms with van der Waals surface area (Å²) in [5.74, 6) is -0.0744. The number of carbonyl (C=O) groups excluding carboxylic acids is 2. The Morgan fingerprint density at radius 1 is 1.00 bits per heavy atom. The quantitative estimate of drug-likeness (QED) is 0.435. The van der Waals surface area contributed by atoms with Gasteiger partial charge in [0.1, 0.15) is 0 Å². The predicted molar refractivity (Wildman–Crippen MR) is 121 cm³/mol. The number of rotatable bonds is 6. The SMILES string of the molecule is CC(=O)Nc1ccc(NC(=O)CSc2nnc3scc(-c4ccc(C)cc4)n23)cc1. The van der Waals surface area contributed by atoms with Crippen molar-refractivity contribution in [3.05, 3.63) is 59.5 Å². The Morgan fingerprint density at radius 3 is 2.33 bits per heavy atom. The summed E-state index contributed by atoms with van der Waals surface area (Å²) in [5.41, 5.74) is 4.64. The number of nitrogens with zero attached hydrogens (tertiary/aromatic N) is 3. The van der Waals surface area contributed by atoms with Crippen LogP contribution < -0.4 is 10.6 Å². The summed E-state index contributed by atoms with van der Waals surface area (Å²) >= 11 is 2.86. The molecule has 2 heterocycles. The lowest BCUT2D eigenvalue weighted by Crippen LogP contribution is -2.14. The van der Waals surface area contributed by atoms with E-state index in [0.29, 0.717) is 16.5 Å². The Hall–Kier alpha value is -3.17. The number of thioether (sulfide) groups is 1. The fraction of sp³-hybridized carbons (Fsp3) is 0.143. The first-order valence-electron chi connectivity index (χ1n) is 9.19. The second kappa shape index (κ2) is 8.68. The maximum atomic E-state index is 12.4. The number of thiazole rings is 1. The highest BCUT2D eigenvalue weighted by Crippen LogP contribution is 2.30. The van der Waals surface area contributed by atoms with Crippen molar-refractivity contribution in [2.75, 3.05) is 16.4 Å². The van der Waals surface area contributed by atoms with Crippen LogP contribution in [0.3, 0.4) is 0 Å². The van der Waals surface area contributed by atoms with Gasteiger partial charge in [-0.05, 0) is 36.8 Å². The van der Waals surface area contributed by atoms with Crippen LogP contribution in [0.2, 0.25) is 0 Å². The average molecular weight is 438 g/mol. The Morgan fingerprint density at radius 2 is 1.67 bits per heavy atom. The number of aryl methyl sites for hydroxylation is 1. The molecule has 2 aromatic heterocycles. The van der Waals surface area contributed by atoms with Gasteiger partial charge in [-0.3, -0.25) is 14.0 Å². The van der Waals surface area contributed by atoms with Crippen LogP contribution in [-0.2, 0) is 9.59 Å². The minimum atomic E-state index is -0.142. The fourth-order valence-electron chi connectivity index (χ4n) is 2.88. The standard InChI is InChI=1S/C21H19N5O2S2/c1-13-3-5-15(6-4-13)18-11-29-20-24-25-21(26(18)20)30-12-19(28)23-17-9-7-16(8-10-17)22-14(2)27/h3-11H,12H2,1-2H3,(H,22,27)(H,23,28). The van der Waals surface area contributed by atoms with Crippen LogP contribution in [0.4, 0.5) is 11.4 Å². The van der Waals surface area contributed by atoms with Crippen molar-refractivity contribution >= 4 is 51.2 Å². The Kier molecular flexibility index (Phi) is 5.82. The smallest absolute Gasteiger partial charge is 0.234 e. The molecule has 4 aromatic rings. The van der Waals surface area contributed by atoms with E-state index in [0.717, 1.165) is 16.2 Å². The topological polar surface area (TPSA) is 88.4 Å². The summed E-state index contributed by atoms with van der Waals surface area (Å²) < 4.78 is 1.98. The minimum absolute atomic E-state index is 0.138. The Bertz CT molecular complexity index is 1200. The summed E-state index contributed by atoms with van der Waals surface area (Å²) in [7, 11) is 0.